The van der Waals surface area contributed by atoms with Gasteiger partial charge in [-0.05, 0) is 38.2 Å². The molecule has 1 aromatic rings. The second kappa shape index (κ2) is 6.27. The largest absolute Gasteiger partial charge is 0.381 e. The molecule has 4 heteroatoms. The van der Waals surface area contributed by atoms with Crippen molar-refractivity contribution >= 4 is 0 Å². The van der Waals surface area contributed by atoms with E-state index in [9.17, 15) is 0 Å². The molecule has 2 heterocycles. The quantitative estimate of drug-likeness (QED) is 0.820. The maximum absolute atomic E-state index is 5.59. The summed E-state index contributed by atoms with van der Waals surface area (Å²) in [6.07, 6.45) is 4.85. The van der Waals surface area contributed by atoms with Crippen molar-refractivity contribution < 1.29 is 4.74 Å². The molecular formula is C14H23N3O. The minimum Gasteiger partial charge on any atom is -0.381 e. The molecule has 0 bridgehead atoms. The van der Waals surface area contributed by atoms with Crippen LogP contribution in [0.15, 0.2) is 24.5 Å². The van der Waals surface area contributed by atoms with E-state index in [0.717, 1.165) is 39.3 Å². The molecule has 0 spiro atoms. The summed E-state index contributed by atoms with van der Waals surface area (Å²) in [4.78, 5) is 6.43. The third-order valence-electron chi connectivity index (χ3n) is 3.54. The van der Waals surface area contributed by atoms with Crippen LogP contribution in [-0.2, 0) is 11.3 Å². The van der Waals surface area contributed by atoms with Crippen LogP contribution in [0.5, 0.6) is 0 Å². The molecular weight excluding hydrogens is 226 g/mol. The monoisotopic (exact) mass is 249 g/mol. The van der Waals surface area contributed by atoms with Gasteiger partial charge in [-0.3, -0.25) is 4.98 Å². The van der Waals surface area contributed by atoms with Gasteiger partial charge in [0.2, 0.25) is 0 Å². The summed E-state index contributed by atoms with van der Waals surface area (Å²) in [5, 5.41) is 3.30. The third kappa shape index (κ3) is 3.51. The van der Waals surface area contributed by atoms with Crippen LogP contribution < -0.4 is 5.32 Å². The Morgan fingerprint density at radius 1 is 1.44 bits per heavy atom. The van der Waals surface area contributed by atoms with Crippen LogP contribution >= 0.6 is 0 Å². The lowest BCUT2D eigenvalue weighted by Gasteiger charge is -2.32. The summed E-state index contributed by atoms with van der Waals surface area (Å²) in [5.74, 6) is 0. The van der Waals surface area contributed by atoms with E-state index >= 15 is 0 Å². The zero-order valence-electron chi connectivity index (χ0n) is 11.4. The van der Waals surface area contributed by atoms with Crippen LogP contribution in [-0.4, -0.2) is 50.3 Å². The predicted molar refractivity (Wildman–Crippen MR) is 72.4 cm³/mol. The van der Waals surface area contributed by atoms with E-state index < -0.39 is 0 Å². The zero-order chi connectivity index (χ0) is 12.8. The summed E-state index contributed by atoms with van der Waals surface area (Å²) < 4.78 is 5.59. The second-order valence-electron chi connectivity index (χ2n) is 5.36. The molecule has 1 saturated heterocycles. The van der Waals surface area contributed by atoms with Gasteiger partial charge in [0.25, 0.3) is 0 Å². The number of nitrogens with zero attached hydrogens (tertiary/aromatic N) is 2. The first-order chi connectivity index (χ1) is 8.74. The topological polar surface area (TPSA) is 37.4 Å². The van der Waals surface area contributed by atoms with Crippen LogP contribution in [0, 0.1) is 5.41 Å². The van der Waals surface area contributed by atoms with E-state index in [1.54, 1.807) is 0 Å². The molecule has 100 valence electrons. The van der Waals surface area contributed by atoms with Crippen LogP contribution in [0.25, 0.3) is 0 Å². The standard InChI is InChI=1S/C14H23N3O/c1-15-10-14(5-8-18-12-14)11-17(2)9-13-3-6-16-7-4-13/h3-4,6-7,15H,5,8-12H2,1-2H3. The van der Waals surface area contributed by atoms with Gasteiger partial charge in [-0.1, -0.05) is 0 Å². The van der Waals surface area contributed by atoms with Crippen molar-refractivity contribution in [2.75, 3.05) is 40.4 Å². The van der Waals surface area contributed by atoms with Crippen molar-refractivity contribution in [3.8, 4) is 0 Å². The first kappa shape index (κ1) is 13.5. The number of nitrogens with one attached hydrogen (secondary N) is 1. The maximum Gasteiger partial charge on any atom is 0.0547 e. The Morgan fingerprint density at radius 2 is 2.22 bits per heavy atom. The molecule has 0 radical (unpaired) electrons. The third-order valence-corrected chi connectivity index (χ3v) is 3.54. The highest BCUT2D eigenvalue weighted by Crippen LogP contribution is 2.29. The Labute approximate surface area is 109 Å². The van der Waals surface area contributed by atoms with Gasteiger partial charge in [0.05, 0.1) is 6.61 Å². The predicted octanol–water partition coefficient (Wildman–Crippen LogP) is 1.14. The zero-order valence-corrected chi connectivity index (χ0v) is 11.4. The molecule has 0 aromatic carbocycles. The highest BCUT2D eigenvalue weighted by molar-refractivity contribution is 5.09. The maximum atomic E-state index is 5.59. The molecule has 0 saturated carbocycles. The Morgan fingerprint density at radius 3 is 2.83 bits per heavy atom. The van der Waals surface area contributed by atoms with Gasteiger partial charge < -0.3 is 15.0 Å². The molecule has 4 nitrogen and oxygen atoms in total. The summed E-state index contributed by atoms with van der Waals surface area (Å²) in [5.41, 5.74) is 1.59. The van der Waals surface area contributed by atoms with Crippen molar-refractivity contribution in [3.05, 3.63) is 30.1 Å². The lowest BCUT2D eigenvalue weighted by Crippen LogP contribution is -2.42. The molecule has 1 N–H and O–H groups in total. The van der Waals surface area contributed by atoms with Gasteiger partial charge in [-0.2, -0.15) is 0 Å². The Bertz CT molecular complexity index is 349. The number of rotatable bonds is 6. The van der Waals surface area contributed by atoms with Gasteiger partial charge in [0.1, 0.15) is 0 Å². The Kier molecular flexibility index (Phi) is 4.69. The van der Waals surface area contributed by atoms with Crippen LogP contribution in [0.2, 0.25) is 0 Å². The van der Waals surface area contributed by atoms with Gasteiger partial charge in [0, 0.05) is 44.0 Å². The molecule has 1 fully saturated rings. The summed E-state index contributed by atoms with van der Waals surface area (Å²) >= 11 is 0. The average molecular weight is 249 g/mol. The van der Waals surface area contributed by atoms with Crippen molar-refractivity contribution in [1.82, 2.24) is 15.2 Å². The number of hydrogen-bond donors (Lipinski definition) is 1. The number of pyridine rings is 1. The van der Waals surface area contributed by atoms with Gasteiger partial charge >= 0.3 is 0 Å². The van der Waals surface area contributed by atoms with Gasteiger partial charge in [0.15, 0.2) is 0 Å². The fourth-order valence-electron chi connectivity index (χ4n) is 2.77. The number of aromatic nitrogens is 1. The Balaban J connectivity index is 1.91. The van der Waals surface area contributed by atoms with Gasteiger partial charge in [-0.25, -0.2) is 0 Å². The number of hydrogen-bond acceptors (Lipinski definition) is 4. The van der Waals surface area contributed by atoms with Crippen molar-refractivity contribution in [2.24, 2.45) is 5.41 Å². The smallest absolute Gasteiger partial charge is 0.0547 e. The first-order valence-corrected chi connectivity index (χ1v) is 6.54. The summed E-state index contributed by atoms with van der Waals surface area (Å²) in [6, 6.07) is 4.15. The minimum absolute atomic E-state index is 0.274. The highest BCUT2D eigenvalue weighted by atomic mass is 16.5. The normalized spacial score (nSPS) is 23.7. The van der Waals surface area contributed by atoms with Crippen LogP contribution in [0.1, 0.15) is 12.0 Å². The molecule has 1 aliphatic rings. The van der Waals surface area contributed by atoms with E-state index in [1.165, 1.54) is 5.56 Å². The second-order valence-corrected chi connectivity index (χ2v) is 5.36. The van der Waals surface area contributed by atoms with Crippen LogP contribution in [0.3, 0.4) is 0 Å². The average Bonchev–Trinajstić information content (AvgIpc) is 2.79. The minimum atomic E-state index is 0.274. The van der Waals surface area contributed by atoms with E-state index in [2.05, 4.69) is 34.4 Å². The van der Waals surface area contributed by atoms with E-state index in [4.69, 9.17) is 4.74 Å². The van der Waals surface area contributed by atoms with Crippen LogP contribution in [0.4, 0.5) is 0 Å². The fourth-order valence-corrected chi connectivity index (χ4v) is 2.77. The van der Waals surface area contributed by atoms with E-state index in [0.29, 0.717) is 0 Å². The fraction of sp³-hybridized carbons (Fsp3) is 0.643. The lowest BCUT2D eigenvalue weighted by atomic mass is 9.86. The lowest BCUT2D eigenvalue weighted by molar-refractivity contribution is 0.118. The molecule has 0 amide bonds. The first-order valence-electron chi connectivity index (χ1n) is 6.54. The molecule has 1 aliphatic heterocycles. The van der Waals surface area contributed by atoms with Crippen molar-refractivity contribution in [2.45, 2.75) is 13.0 Å². The molecule has 2 rings (SSSR count). The summed E-state index contributed by atoms with van der Waals surface area (Å²) in [6.45, 7) is 4.82. The SMILES string of the molecule is CNCC1(CN(C)Cc2ccncc2)CCOC1. The molecule has 0 aliphatic carbocycles. The van der Waals surface area contributed by atoms with Crippen molar-refractivity contribution in [3.63, 3.8) is 0 Å². The van der Waals surface area contributed by atoms with Crippen molar-refractivity contribution in [1.29, 1.82) is 0 Å². The number of ether oxygens (including phenoxy) is 1. The van der Waals surface area contributed by atoms with E-state index in [-0.39, 0.29) is 5.41 Å². The molecule has 1 unspecified atom stereocenters. The molecule has 1 aromatic heterocycles. The highest BCUT2D eigenvalue weighted by Gasteiger charge is 2.35. The molecule has 1 atom stereocenters. The summed E-state index contributed by atoms with van der Waals surface area (Å²) in [7, 11) is 4.19. The molecule has 18 heavy (non-hydrogen) atoms. The Hall–Kier alpha value is -0.970. The van der Waals surface area contributed by atoms with E-state index in [1.807, 2.05) is 19.4 Å². The van der Waals surface area contributed by atoms with Gasteiger partial charge in [-0.15, -0.1) is 0 Å².